The van der Waals surface area contributed by atoms with Crippen LogP contribution in [0, 0.1) is 10.1 Å². The normalized spacial score (nSPS) is 15.0. The van der Waals surface area contributed by atoms with Gasteiger partial charge in [0, 0.05) is 31.9 Å². The summed E-state index contributed by atoms with van der Waals surface area (Å²) in [5, 5.41) is 11.5. The molecule has 0 amide bonds. The first-order valence-corrected chi connectivity index (χ1v) is 13.3. The number of hydrogen-bond donors (Lipinski definition) is 0. The van der Waals surface area contributed by atoms with Crippen molar-refractivity contribution in [3.8, 4) is 11.3 Å². The minimum Gasteiger partial charge on any atom is -0.463 e. The van der Waals surface area contributed by atoms with Crippen molar-refractivity contribution in [2.24, 2.45) is 4.99 Å². The highest BCUT2D eigenvalue weighted by molar-refractivity contribution is 7.07. The maximum Gasteiger partial charge on any atom is 0.338 e. The maximum absolute atomic E-state index is 13.8. The largest absolute Gasteiger partial charge is 0.463 e. The summed E-state index contributed by atoms with van der Waals surface area (Å²) in [5.74, 6) is 0.136. The standard InChI is InChI=1S/C29H26N4O6S/c1-5-38-28(35)25-17(2)30-29-32(26(25)18-10-12-19(13-11-18)31(3)4)27(34)24(40-29)16-20-14-15-23(39-20)21-8-6-7-9-22(21)33(36)37/h6-16,26H,5H2,1-4H3/b24-16-/t26-/m1/s1. The molecule has 2 aromatic heterocycles. The summed E-state index contributed by atoms with van der Waals surface area (Å²) in [4.78, 5) is 44.8. The summed E-state index contributed by atoms with van der Waals surface area (Å²) in [5.41, 5.74) is 2.41. The van der Waals surface area contributed by atoms with E-state index >= 15 is 0 Å². The number of nitro groups is 1. The van der Waals surface area contributed by atoms with Crippen molar-refractivity contribution in [2.45, 2.75) is 19.9 Å². The number of carbonyl (C=O) groups is 1. The van der Waals surface area contributed by atoms with Crippen molar-refractivity contribution >= 4 is 34.8 Å². The number of carbonyl (C=O) groups excluding carboxylic acids is 1. The Balaban J connectivity index is 1.63. The van der Waals surface area contributed by atoms with Gasteiger partial charge in [-0.25, -0.2) is 9.79 Å². The Bertz CT molecular complexity index is 1830. The lowest BCUT2D eigenvalue weighted by atomic mass is 9.95. The number of anilines is 1. The zero-order valence-electron chi connectivity index (χ0n) is 22.3. The average Bonchev–Trinajstić information content (AvgIpc) is 3.52. The number of esters is 1. The van der Waals surface area contributed by atoms with Crippen LogP contribution in [0.15, 0.2) is 86.1 Å². The van der Waals surface area contributed by atoms with Crippen LogP contribution in [0.4, 0.5) is 11.4 Å². The van der Waals surface area contributed by atoms with Gasteiger partial charge in [0.15, 0.2) is 4.80 Å². The minimum absolute atomic E-state index is 0.0787. The fourth-order valence-electron chi connectivity index (χ4n) is 4.61. The Morgan fingerprint density at radius 3 is 2.58 bits per heavy atom. The highest BCUT2D eigenvalue weighted by Gasteiger charge is 2.33. The first-order valence-electron chi connectivity index (χ1n) is 12.5. The van der Waals surface area contributed by atoms with Crippen molar-refractivity contribution in [1.29, 1.82) is 0 Å². The van der Waals surface area contributed by atoms with Crippen LogP contribution < -0.4 is 19.8 Å². The zero-order valence-corrected chi connectivity index (χ0v) is 23.1. The van der Waals surface area contributed by atoms with E-state index in [0.29, 0.717) is 37.7 Å². The van der Waals surface area contributed by atoms with Gasteiger partial charge in [-0.15, -0.1) is 0 Å². The smallest absolute Gasteiger partial charge is 0.338 e. The lowest BCUT2D eigenvalue weighted by Crippen LogP contribution is -2.39. The number of nitro benzene ring substituents is 1. The first-order chi connectivity index (χ1) is 19.2. The molecule has 1 atom stereocenters. The summed E-state index contributed by atoms with van der Waals surface area (Å²) in [7, 11) is 3.87. The number of nitrogens with zero attached hydrogens (tertiary/aromatic N) is 4. The minimum atomic E-state index is -0.729. The Labute approximate surface area is 232 Å². The summed E-state index contributed by atoms with van der Waals surface area (Å²) in [6, 6.07) is 16.5. The molecule has 1 aliphatic rings. The third-order valence-corrected chi connectivity index (χ3v) is 7.49. The van der Waals surface area contributed by atoms with Crippen molar-refractivity contribution in [3.63, 3.8) is 0 Å². The molecule has 40 heavy (non-hydrogen) atoms. The fraction of sp³-hybridized carbons (Fsp3) is 0.207. The van der Waals surface area contributed by atoms with E-state index in [4.69, 9.17) is 9.15 Å². The van der Waals surface area contributed by atoms with E-state index in [1.807, 2.05) is 43.3 Å². The van der Waals surface area contributed by atoms with Gasteiger partial charge < -0.3 is 14.1 Å². The van der Waals surface area contributed by atoms with Gasteiger partial charge in [-0.2, -0.15) is 0 Å². The van der Waals surface area contributed by atoms with Gasteiger partial charge in [-0.05, 0) is 49.7 Å². The van der Waals surface area contributed by atoms with Crippen molar-refractivity contribution in [1.82, 2.24) is 4.57 Å². The summed E-state index contributed by atoms with van der Waals surface area (Å²) in [6.45, 7) is 3.65. The molecule has 0 saturated heterocycles. The van der Waals surface area contributed by atoms with E-state index in [1.165, 1.54) is 22.0 Å². The van der Waals surface area contributed by atoms with Gasteiger partial charge in [0.25, 0.3) is 11.2 Å². The SMILES string of the molecule is CCOC(=O)C1=C(C)N=c2s/c(=C\c3ccc(-c4ccccc4[N+](=O)[O-])o3)c(=O)n2[C@@H]1c1ccc(N(C)C)cc1. The second-order valence-electron chi connectivity index (χ2n) is 9.26. The quantitative estimate of drug-likeness (QED) is 0.191. The van der Waals surface area contributed by atoms with Crippen LogP contribution in [-0.4, -0.2) is 36.2 Å². The molecule has 11 heteroatoms. The lowest BCUT2D eigenvalue weighted by Gasteiger charge is -2.25. The van der Waals surface area contributed by atoms with Crippen LogP contribution >= 0.6 is 11.3 Å². The van der Waals surface area contributed by atoms with Crippen molar-refractivity contribution in [2.75, 3.05) is 25.6 Å². The number of hydrogen-bond acceptors (Lipinski definition) is 9. The molecule has 4 aromatic rings. The predicted molar refractivity (Wildman–Crippen MR) is 152 cm³/mol. The van der Waals surface area contributed by atoms with Crippen LogP contribution in [0.1, 0.15) is 31.2 Å². The van der Waals surface area contributed by atoms with Gasteiger partial charge in [0.05, 0.1) is 38.9 Å². The molecular formula is C29H26N4O6S. The first kappa shape index (κ1) is 26.8. The summed E-state index contributed by atoms with van der Waals surface area (Å²) < 4.78 is 13.1. The number of benzene rings is 2. The van der Waals surface area contributed by atoms with E-state index in [-0.39, 0.29) is 17.9 Å². The van der Waals surface area contributed by atoms with E-state index in [1.54, 1.807) is 50.3 Å². The molecule has 0 bridgehead atoms. The van der Waals surface area contributed by atoms with Crippen molar-refractivity contribution in [3.05, 3.63) is 113 Å². The average molecular weight is 559 g/mol. The number of allylic oxidation sites excluding steroid dienone is 1. The fourth-order valence-corrected chi connectivity index (χ4v) is 5.63. The Morgan fingerprint density at radius 1 is 1.18 bits per heavy atom. The van der Waals surface area contributed by atoms with Crippen LogP contribution in [0.2, 0.25) is 0 Å². The number of ether oxygens (including phenoxy) is 1. The van der Waals surface area contributed by atoms with E-state index in [0.717, 1.165) is 11.3 Å². The van der Waals surface area contributed by atoms with E-state index in [9.17, 15) is 19.7 Å². The number of fused-ring (bicyclic) bond motifs is 1. The predicted octanol–water partition coefficient (Wildman–Crippen LogP) is 4.03. The third kappa shape index (κ3) is 4.87. The zero-order chi connectivity index (χ0) is 28.6. The van der Waals surface area contributed by atoms with Crippen LogP contribution in [0.25, 0.3) is 17.4 Å². The number of para-hydroxylation sites is 1. The molecule has 2 aromatic carbocycles. The molecule has 0 unspecified atom stereocenters. The molecule has 0 saturated carbocycles. The third-order valence-electron chi connectivity index (χ3n) is 6.51. The van der Waals surface area contributed by atoms with Gasteiger partial charge in [0.2, 0.25) is 0 Å². The molecule has 5 rings (SSSR count). The topological polar surface area (TPSA) is 120 Å². The van der Waals surface area contributed by atoms with Gasteiger partial charge >= 0.3 is 5.97 Å². The number of aromatic nitrogens is 1. The Morgan fingerprint density at radius 2 is 1.90 bits per heavy atom. The molecule has 0 radical (unpaired) electrons. The lowest BCUT2D eigenvalue weighted by molar-refractivity contribution is -0.384. The second-order valence-corrected chi connectivity index (χ2v) is 10.3. The molecular weight excluding hydrogens is 532 g/mol. The Kier molecular flexibility index (Phi) is 7.22. The molecule has 0 aliphatic carbocycles. The highest BCUT2D eigenvalue weighted by atomic mass is 32.1. The van der Waals surface area contributed by atoms with Crippen LogP contribution in [-0.2, 0) is 9.53 Å². The molecule has 3 heterocycles. The molecule has 1 aliphatic heterocycles. The van der Waals surface area contributed by atoms with Crippen LogP contribution in [0.3, 0.4) is 0 Å². The van der Waals surface area contributed by atoms with E-state index in [2.05, 4.69) is 4.99 Å². The van der Waals surface area contributed by atoms with Gasteiger partial charge in [-0.1, -0.05) is 35.6 Å². The van der Waals surface area contributed by atoms with Crippen molar-refractivity contribution < 1.29 is 18.9 Å². The number of furan rings is 1. The molecule has 0 fully saturated rings. The monoisotopic (exact) mass is 558 g/mol. The molecule has 204 valence electrons. The number of rotatable bonds is 7. The summed E-state index contributed by atoms with van der Waals surface area (Å²) in [6.07, 6.45) is 1.58. The van der Waals surface area contributed by atoms with Gasteiger partial charge in [-0.3, -0.25) is 19.5 Å². The molecule has 0 spiro atoms. The highest BCUT2D eigenvalue weighted by Crippen LogP contribution is 2.32. The molecule has 0 N–H and O–H groups in total. The second kappa shape index (κ2) is 10.8. The van der Waals surface area contributed by atoms with Gasteiger partial charge in [0.1, 0.15) is 11.5 Å². The Hall–Kier alpha value is -4.77. The maximum atomic E-state index is 13.8. The van der Waals surface area contributed by atoms with E-state index < -0.39 is 16.9 Å². The number of thiazole rings is 1. The van der Waals surface area contributed by atoms with Crippen LogP contribution in [0.5, 0.6) is 0 Å². The molecule has 10 nitrogen and oxygen atoms in total. The summed E-state index contributed by atoms with van der Waals surface area (Å²) >= 11 is 1.17.